The Morgan fingerprint density at radius 2 is 2.00 bits per heavy atom. The van der Waals surface area contributed by atoms with E-state index >= 15 is 0 Å². The minimum atomic E-state index is 0.591. The Labute approximate surface area is 118 Å². The summed E-state index contributed by atoms with van der Waals surface area (Å²) in [6.45, 7) is 13.8. The molecule has 1 aromatic heterocycles. The van der Waals surface area contributed by atoms with E-state index in [-0.39, 0.29) is 0 Å². The van der Waals surface area contributed by atoms with Crippen LogP contribution in [0.1, 0.15) is 51.2 Å². The molecule has 110 valence electrons. The van der Waals surface area contributed by atoms with Crippen molar-refractivity contribution in [2.45, 2.75) is 60.2 Å². The fourth-order valence-corrected chi connectivity index (χ4v) is 2.05. The molecule has 1 unspecified atom stereocenters. The molecule has 1 N–H and O–H groups in total. The molecule has 3 heteroatoms. The summed E-state index contributed by atoms with van der Waals surface area (Å²) in [6, 6.07) is 2.79. The van der Waals surface area contributed by atoms with Crippen LogP contribution in [-0.4, -0.2) is 24.5 Å². The van der Waals surface area contributed by atoms with Crippen LogP contribution < -0.4 is 5.32 Å². The summed E-state index contributed by atoms with van der Waals surface area (Å²) in [5, 5.41) is 3.47. The molecule has 0 aliphatic rings. The number of furan rings is 1. The van der Waals surface area contributed by atoms with E-state index in [2.05, 4.69) is 57.9 Å². The molecule has 0 aromatic carbocycles. The van der Waals surface area contributed by atoms with Crippen LogP contribution in [0.5, 0.6) is 0 Å². The summed E-state index contributed by atoms with van der Waals surface area (Å²) in [6.07, 6.45) is 1.17. The van der Waals surface area contributed by atoms with Crippen molar-refractivity contribution in [1.82, 2.24) is 10.2 Å². The number of aryl methyl sites for hydroxylation is 1. The van der Waals surface area contributed by atoms with Gasteiger partial charge in [0.2, 0.25) is 0 Å². The molecule has 0 saturated heterocycles. The molecule has 1 rings (SSSR count). The predicted molar refractivity (Wildman–Crippen MR) is 81.2 cm³/mol. The van der Waals surface area contributed by atoms with Crippen molar-refractivity contribution in [2.24, 2.45) is 5.92 Å². The molecule has 3 nitrogen and oxygen atoms in total. The average Bonchev–Trinajstić information content (AvgIpc) is 2.68. The van der Waals surface area contributed by atoms with E-state index in [0.29, 0.717) is 12.0 Å². The minimum absolute atomic E-state index is 0.591. The molecule has 1 aromatic rings. The standard InChI is InChI=1S/C16H30N2O/c1-7-13(4)18(6)11-16-8-15(14(5)19-16)10-17-9-12(2)3/h8,12-13,17H,7,9-11H2,1-6H3. The Kier molecular flexibility index (Phi) is 6.59. The first kappa shape index (κ1) is 16.3. The van der Waals surface area contributed by atoms with Crippen LogP contribution in [0.3, 0.4) is 0 Å². The summed E-state index contributed by atoms with van der Waals surface area (Å²) in [5.41, 5.74) is 1.29. The minimum Gasteiger partial charge on any atom is -0.465 e. The Balaban J connectivity index is 2.53. The lowest BCUT2D eigenvalue weighted by Gasteiger charge is -2.21. The molecule has 0 saturated carbocycles. The molecular formula is C16H30N2O. The summed E-state index contributed by atoms with van der Waals surface area (Å²) in [4.78, 5) is 2.34. The Morgan fingerprint density at radius 1 is 1.32 bits per heavy atom. The van der Waals surface area contributed by atoms with Crippen LogP contribution in [-0.2, 0) is 13.1 Å². The van der Waals surface area contributed by atoms with Gasteiger partial charge in [-0.05, 0) is 45.8 Å². The van der Waals surface area contributed by atoms with Gasteiger partial charge in [-0.1, -0.05) is 20.8 Å². The number of nitrogens with zero attached hydrogens (tertiary/aromatic N) is 1. The first-order chi connectivity index (χ1) is 8.93. The van der Waals surface area contributed by atoms with Gasteiger partial charge in [0.25, 0.3) is 0 Å². The zero-order chi connectivity index (χ0) is 14.4. The zero-order valence-corrected chi connectivity index (χ0v) is 13.4. The van der Waals surface area contributed by atoms with E-state index in [1.807, 2.05) is 0 Å². The van der Waals surface area contributed by atoms with E-state index in [0.717, 1.165) is 31.2 Å². The molecule has 0 bridgehead atoms. The average molecular weight is 266 g/mol. The van der Waals surface area contributed by atoms with E-state index in [9.17, 15) is 0 Å². The summed E-state index contributed by atoms with van der Waals surface area (Å²) >= 11 is 0. The van der Waals surface area contributed by atoms with Gasteiger partial charge in [0.1, 0.15) is 11.5 Å². The zero-order valence-electron chi connectivity index (χ0n) is 13.4. The monoisotopic (exact) mass is 266 g/mol. The van der Waals surface area contributed by atoms with Gasteiger partial charge < -0.3 is 9.73 Å². The van der Waals surface area contributed by atoms with Crippen LogP contribution in [0.4, 0.5) is 0 Å². The van der Waals surface area contributed by atoms with Crippen LogP contribution >= 0.6 is 0 Å². The third-order valence-electron chi connectivity index (χ3n) is 3.69. The normalized spacial score (nSPS) is 13.5. The van der Waals surface area contributed by atoms with Gasteiger partial charge in [0.15, 0.2) is 0 Å². The second-order valence-corrected chi connectivity index (χ2v) is 5.99. The van der Waals surface area contributed by atoms with Gasteiger partial charge in [0, 0.05) is 18.2 Å². The number of hydrogen-bond donors (Lipinski definition) is 1. The molecule has 0 radical (unpaired) electrons. The van der Waals surface area contributed by atoms with Crippen molar-refractivity contribution in [3.05, 3.63) is 23.2 Å². The predicted octanol–water partition coefficient (Wildman–Crippen LogP) is 3.56. The fraction of sp³-hybridized carbons (Fsp3) is 0.750. The molecule has 0 fully saturated rings. The molecule has 0 aliphatic carbocycles. The third-order valence-corrected chi connectivity index (χ3v) is 3.69. The summed E-state index contributed by atoms with van der Waals surface area (Å²) < 4.78 is 5.86. The largest absolute Gasteiger partial charge is 0.465 e. The lowest BCUT2D eigenvalue weighted by molar-refractivity contribution is 0.224. The van der Waals surface area contributed by atoms with Crippen LogP contribution in [0.15, 0.2) is 10.5 Å². The molecule has 1 atom stereocenters. The van der Waals surface area contributed by atoms with Crippen molar-refractivity contribution < 1.29 is 4.42 Å². The maximum atomic E-state index is 5.86. The van der Waals surface area contributed by atoms with E-state index in [1.54, 1.807) is 0 Å². The number of nitrogens with one attached hydrogen (secondary N) is 1. The van der Waals surface area contributed by atoms with Gasteiger partial charge >= 0.3 is 0 Å². The smallest absolute Gasteiger partial charge is 0.118 e. The Bertz CT molecular complexity index is 371. The highest BCUT2D eigenvalue weighted by molar-refractivity contribution is 5.20. The van der Waals surface area contributed by atoms with Crippen LogP contribution in [0.2, 0.25) is 0 Å². The maximum absolute atomic E-state index is 5.86. The van der Waals surface area contributed by atoms with Crippen LogP contribution in [0, 0.1) is 12.8 Å². The van der Waals surface area contributed by atoms with Gasteiger partial charge in [-0.25, -0.2) is 0 Å². The second-order valence-electron chi connectivity index (χ2n) is 5.99. The Hall–Kier alpha value is -0.800. The topological polar surface area (TPSA) is 28.4 Å². The SMILES string of the molecule is CCC(C)N(C)Cc1cc(CNCC(C)C)c(C)o1. The van der Waals surface area contributed by atoms with Crippen molar-refractivity contribution in [1.29, 1.82) is 0 Å². The Morgan fingerprint density at radius 3 is 2.58 bits per heavy atom. The number of rotatable bonds is 8. The van der Waals surface area contributed by atoms with Crippen LogP contribution in [0.25, 0.3) is 0 Å². The van der Waals surface area contributed by atoms with Gasteiger partial charge in [-0.3, -0.25) is 4.90 Å². The fourth-order valence-electron chi connectivity index (χ4n) is 2.05. The quantitative estimate of drug-likeness (QED) is 0.780. The second kappa shape index (κ2) is 7.71. The molecule has 0 spiro atoms. The first-order valence-electron chi connectivity index (χ1n) is 7.43. The van der Waals surface area contributed by atoms with Gasteiger partial charge in [0.05, 0.1) is 6.54 Å². The lowest BCUT2D eigenvalue weighted by atomic mass is 10.2. The van der Waals surface area contributed by atoms with Gasteiger partial charge in [-0.15, -0.1) is 0 Å². The third kappa shape index (κ3) is 5.37. The van der Waals surface area contributed by atoms with Gasteiger partial charge in [-0.2, -0.15) is 0 Å². The van der Waals surface area contributed by atoms with Crippen molar-refractivity contribution in [2.75, 3.05) is 13.6 Å². The van der Waals surface area contributed by atoms with Crippen molar-refractivity contribution in [3.8, 4) is 0 Å². The van der Waals surface area contributed by atoms with Crippen molar-refractivity contribution in [3.63, 3.8) is 0 Å². The molecule has 0 aliphatic heterocycles. The lowest BCUT2D eigenvalue weighted by Crippen LogP contribution is -2.27. The molecular weight excluding hydrogens is 236 g/mol. The highest BCUT2D eigenvalue weighted by atomic mass is 16.3. The van der Waals surface area contributed by atoms with Crippen molar-refractivity contribution >= 4 is 0 Å². The molecule has 19 heavy (non-hydrogen) atoms. The summed E-state index contributed by atoms with van der Waals surface area (Å²) in [7, 11) is 2.16. The highest BCUT2D eigenvalue weighted by Crippen LogP contribution is 2.17. The maximum Gasteiger partial charge on any atom is 0.118 e. The van der Waals surface area contributed by atoms with E-state index < -0.39 is 0 Å². The highest BCUT2D eigenvalue weighted by Gasteiger charge is 2.12. The summed E-state index contributed by atoms with van der Waals surface area (Å²) in [5.74, 6) is 2.80. The van der Waals surface area contributed by atoms with E-state index in [1.165, 1.54) is 12.0 Å². The first-order valence-corrected chi connectivity index (χ1v) is 7.43. The molecule has 0 amide bonds. The van der Waals surface area contributed by atoms with E-state index in [4.69, 9.17) is 4.42 Å². The molecule has 1 heterocycles. The number of hydrogen-bond acceptors (Lipinski definition) is 3.